The van der Waals surface area contributed by atoms with Gasteiger partial charge in [-0.05, 0) is 19.1 Å². The Morgan fingerprint density at radius 1 is 1.35 bits per heavy atom. The molecule has 1 saturated heterocycles. The van der Waals surface area contributed by atoms with E-state index in [1.54, 1.807) is 33.2 Å². The van der Waals surface area contributed by atoms with Crippen molar-refractivity contribution in [3.05, 3.63) is 23.8 Å². The van der Waals surface area contributed by atoms with Crippen LogP contribution in [-0.2, 0) is 4.79 Å². The van der Waals surface area contributed by atoms with Crippen LogP contribution in [0.1, 0.15) is 18.5 Å². The summed E-state index contributed by atoms with van der Waals surface area (Å²) in [6.45, 7) is 4.70. The topological polar surface area (TPSA) is 54.0 Å². The summed E-state index contributed by atoms with van der Waals surface area (Å²) in [6.07, 6.45) is 0. The quantitative estimate of drug-likeness (QED) is 0.881. The van der Waals surface area contributed by atoms with E-state index in [9.17, 15) is 4.79 Å². The number of nitrogens with zero attached hydrogens (tertiary/aromatic N) is 2. The largest absolute Gasteiger partial charge is 0.497 e. The molecule has 0 spiro atoms. The first-order chi connectivity index (χ1) is 11.0. The maximum absolute atomic E-state index is 12.9. The Hall–Kier alpha value is -1.79. The lowest BCUT2D eigenvalue weighted by atomic mass is 9.99. The fourth-order valence-corrected chi connectivity index (χ4v) is 2.98. The number of benzene rings is 1. The van der Waals surface area contributed by atoms with Crippen LogP contribution >= 0.6 is 0 Å². The molecule has 0 radical (unpaired) electrons. The average Bonchev–Trinajstić information content (AvgIpc) is 2.56. The maximum Gasteiger partial charge on any atom is 0.244 e. The van der Waals surface area contributed by atoms with Crippen LogP contribution in [0.4, 0.5) is 0 Å². The summed E-state index contributed by atoms with van der Waals surface area (Å²) in [4.78, 5) is 16.8. The summed E-state index contributed by atoms with van der Waals surface area (Å²) >= 11 is 0. The number of carbonyl (C=O) groups excluding carboxylic acids is 1. The molecule has 0 aliphatic carbocycles. The third-order valence-electron chi connectivity index (χ3n) is 4.29. The molecule has 23 heavy (non-hydrogen) atoms. The summed E-state index contributed by atoms with van der Waals surface area (Å²) in [5.74, 6) is 1.45. The van der Waals surface area contributed by atoms with Gasteiger partial charge < -0.3 is 19.7 Å². The zero-order valence-electron chi connectivity index (χ0n) is 14.6. The van der Waals surface area contributed by atoms with Crippen LogP contribution < -0.4 is 14.8 Å². The molecule has 2 unspecified atom stereocenters. The highest BCUT2D eigenvalue weighted by molar-refractivity contribution is 5.84. The Labute approximate surface area is 138 Å². The first-order valence-electron chi connectivity index (χ1n) is 7.89. The van der Waals surface area contributed by atoms with Gasteiger partial charge in [0.15, 0.2) is 0 Å². The summed E-state index contributed by atoms with van der Waals surface area (Å²) in [5, 5.41) is 3.37. The highest BCUT2D eigenvalue weighted by Gasteiger charge is 2.35. The number of methoxy groups -OCH3 is 2. The van der Waals surface area contributed by atoms with Crippen LogP contribution in [0.3, 0.4) is 0 Å². The van der Waals surface area contributed by atoms with Gasteiger partial charge in [-0.3, -0.25) is 9.69 Å². The molecular formula is C17H27N3O3. The zero-order chi connectivity index (χ0) is 17.0. The lowest BCUT2D eigenvalue weighted by molar-refractivity contribution is -0.136. The third-order valence-corrected chi connectivity index (χ3v) is 4.29. The highest BCUT2D eigenvalue weighted by atomic mass is 16.5. The normalized spacial score (nSPS) is 20.0. The maximum atomic E-state index is 12.9. The van der Waals surface area contributed by atoms with Crippen molar-refractivity contribution in [2.24, 2.45) is 0 Å². The van der Waals surface area contributed by atoms with E-state index in [2.05, 4.69) is 17.1 Å². The van der Waals surface area contributed by atoms with Gasteiger partial charge in [0.05, 0.1) is 14.2 Å². The van der Waals surface area contributed by atoms with Crippen LogP contribution in [0.5, 0.6) is 11.5 Å². The number of ether oxygens (including phenoxy) is 2. The van der Waals surface area contributed by atoms with Crippen LogP contribution in [-0.4, -0.2) is 69.7 Å². The van der Waals surface area contributed by atoms with E-state index in [4.69, 9.17) is 9.47 Å². The van der Waals surface area contributed by atoms with E-state index in [1.807, 2.05) is 18.2 Å². The number of amides is 1. The molecule has 1 amide bonds. The molecule has 2 rings (SSSR count). The standard InChI is InChI=1S/C17H27N3O3/c1-12-11-18-8-9-20(12)16(17(21)19(2)3)14-7-6-13(22-4)10-15(14)23-5/h6-7,10,12,16,18H,8-9,11H2,1-5H3. The Morgan fingerprint density at radius 3 is 2.65 bits per heavy atom. The van der Waals surface area contributed by atoms with Gasteiger partial charge in [-0.2, -0.15) is 0 Å². The number of nitrogens with one attached hydrogen (secondary N) is 1. The molecule has 0 aromatic heterocycles. The molecule has 1 fully saturated rings. The number of carbonyl (C=O) groups is 1. The summed E-state index contributed by atoms with van der Waals surface area (Å²) in [5.41, 5.74) is 0.876. The van der Waals surface area contributed by atoms with Crippen molar-refractivity contribution in [3.8, 4) is 11.5 Å². The smallest absolute Gasteiger partial charge is 0.244 e. The predicted molar refractivity (Wildman–Crippen MR) is 90.0 cm³/mol. The molecule has 1 N–H and O–H groups in total. The Bertz CT molecular complexity index is 548. The second kappa shape index (κ2) is 7.66. The lowest BCUT2D eigenvalue weighted by Gasteiger charge is -2.40. The molecule has 128 valence electrons. The summed E-state index contributed by atoms with van der Waals surface area (Å²) < 4.78 is 10.8. The van der Waals surface area contributed by atoms with Crippen LogP contribution in [0.25, 0.3) is 0 Å². The van der Waals surface area contributed by atoms with E-state index in [0.717, 1.165) is 30.9 Å². The Morgan fingerprint density at radius 2 is 2.09 bits per heavy atom. The zero-order valence-corrected chi connectivity index (χ0v) is 14.6. The van der Waals surface area contributed by atoms with Crippen molar-refractivity contribution in [1.82, 2.24) is 15.1 Å². The van der Waals surface area contributed by atoms with Crippen molar-refractivity contribution >= 4 is 5.91 Å². The molecule has 6 nitrogen and oxygen atoms in total. The molecular weight excluding hydrogens is 294 g/mol. The van der Waals surface area contributed by atoms with Gasteiger partial charge >= 0.3 is 0 Å². The van der Waals surface area contributed by atoms with Gasteiger partial charge in [-0.25, -0.2) is 0 Å². The van der Waals surface area contributed by atoms with Crippen LogP contribution in [0.2, 0.25) is 0 Å². The first-order valence-corrected chi connectivity index (χ1v) is 7.89. The van der Waals surface area contributed by atoms with Gasteiger partial charge in [-0.1, -0.05) is 0 Å². The van der Waals surface area contributed by atoms with Crippen LogP contribution in [0, 0.1) is 0 Å². The minimum Gasteiger partial charge on any atom is -0.497 e. The van der Waals surface area contributed by atoms with E-state index in [1.165, 1.54) is 0 Å². The minimum atomic E-state index is -0.358. The van der Waals surface area contributed by atoms with Crippen molar-refractivity contribution in [2.75, 3.05) is 47.9 Å². The molecule has 0 saturated carbocycles. The monoisotopic (exact) mass is 321 g/mol. The van der Waals surface area contributed by atoms with Crippen molar-refractivity contribution in [1.29, 1.82) is 0 Å². The van der Waals surface area contributed by atoms with Crippen molar-refractivity contribution < 1.29 is 14.3 Å². The molecule has 1 aliphatic heterocycles. The molecule has 1 heterocycles. The second-order valence-electron chi connectivity index (χ2n) is 6.03. The van der Waals surface area contributed by atoms with E-state index >= 15 is 0 Å². The number of likely N-dealkylation sites (N-methyl/N-ethyl adjacent to an activating group) is 1. The lowest BCUT2D eigenvalue weighted by Crippen LogP contribution is -2.54. The number of hydrogen-bond donors (Lipinski definition) is 1. The summed E-state index contributed by atoms with van der Waals surface area (Å²) in [7, 11) is 6.82. The fraction of sp³-hybridized carbons (Fsp3) is 0.588. The fourth-order valence-electron chi connectivity index (χ4n) is 2.98. The molecule has 6 heteroatoms. The average molecular weight is 321 g/mol. The van der Waals surface area contributed by atoms with E-state index in [0.29, 0.717) is 5.75 Å². The van der Waals surface area contributed by atoms with Gasteiger partial charge in [0.1, 0.15) is 17.5 Å². The number of piperazine rings is 1. The molecule has 1 aromatic carbocycles. The summed E-state index contributed by atoms with van der Waals surface area (Å²) in [6, 6.07) is 5.55. The van der Waals surface area contributed by atoms with Gasteiger partial charge in [-0.15, -0.1) is 0 Å². The first kappa shape index (κ1) is 17.6. The van der Waals surface area contributed by atoms with Gasteiger partial charge in [0, 0.05) is 51.4 Å². The Balaban J connectivity index is 2.46. The molecule has 1 aromatic rings. The molecule has 2 atom stereocenters. The molecule has 1 aliphatic rings. The highest BCUT2D eigenvalue weighted by Crippen LogP contribution is 2.34. The minimum absolute atomic E-state index is 0.0576. The predicted octanol–water partition coefficient (Wildman–Crippen LogP) is 1.13. The SMILES string of the molecule is COc1ccc(C(C(=O)N(C)C)N2CCNCC2C)c(OC)c1. The van der Waals surface area contributed by atoms with Crippen molar-refractivity contribution in [3.63, 3.8) is 0 Å². The van der Waals surface area contributed by atoms with Gasteiger partial charge in [0.25, 0.3) is 0 Å². The van der Waals surface area contributed by atoms with Crippen molar-refractivity contribution in [2.45, 2.75) is 19.0 Å². The second-order valence-corrected chi connectivity index (χ2v) is 6.03. The van der Waals surface area contributed by atoms with E-state index < -0.39 is 0 Å². The van der Waals surface area contributed by atoms with E-state index in [-0.39, 0.29) is 18.0 Å². The number of rotatable bonds is 5. The third kappa shape index (κ3) is 3.76. The van der Waals surface area contributed by atoms with Gasteiger partial charge in [0.2, 0.25) is 5.91 Å². The van der Waals surface area contributed by atoms with Crippen LogP contribution in [0.15, 0.2) is 18.2 Å². The molecule has 0 bridgehead atoms. The Kier molecular flexibility index (Phi) is 5.85. The number of hydrogen-bond acceptors (Lipinski definition) is 5.